The predicted octanol–water partition coefficient (Wildman–Crippen LogP) is 3.34. The van der Waals surface area contributed by atoms with Gasteiger partial charge in [0, 0.05) is 11.6 Å². The summed E-state index contributed by atoms with van der Waals surface area (Å²) in [6.07, 6.45) is 0. The topological polar surface area (TPSA) is 29.1 Å². The van der Waals surface area contributed by atoms with Crippen LogP contribution in [-0.4, -0.2) is 0 Å². The number of hydrogen-bond donors (Lipinski definition) is 0. The fraction of sp³-hybridized carbons (Fsp3) is 0.143. The molecule has 2 aromatic carbocycles. The molecule has 0 aliphatic rings. The average molecular weight is 231 g/mol. The van der Waals surface area contributed by atoms with Crippen LogP contribution in [0.4, 0.5) is 4.39 Å². The number of benzene rings is 2. The Morgan fingerprint density at radius 1 is 1.06 bits per heavy atom. The predicted molar refractivity (Wildman–Crippen MR) is 61.6 cm³/mol. The van der Waals surface area contributed by atoms with Crippen molar-refractivity contribution >= 4 is 0 Å². The molecule has 0 fully saturated rings. The second kappa shape index (κ2) is 5.46. The highest BCUT2D eigenvalue weighted by atomic mass is 19.1. The first-order chi connectivity index (χ1) is 8.29. The molecule has 2 nitrogen and oxygen atoms in total. The van der Waals surface area contributed by atoms with Crippen molar-refractivity contribution in [1.82, 2.24) is 0 Å². The van der Waals surface area contributed by atoms with Crippen molar-refractivity contribution in [2.45, 2.75) is 13.2 Å². The Kier molecular flexibility index (Phi) is 3.73. The quantitative estimate of drug-likeness (QED) is 0.793. The maximum absolute atomic E-state index is 13.3. The Morgan fingerprint density at radius 3 is 2.47 bits per heavy atom. The summed E-state index contributed by atoms with van der Waals surface area (Å²) in [6.45, 7) is -0.165. The van der Waals surface area contributed by atoms with Crippen molar-refractivity contribution in [3.63, 3.8) is 0 Å². The van der Waals surface area contributed by atoms with Gasteiger partial charge >= 0.3 is 0 Å². The Balaban J connectivity index is 2.02. The molecule has 17 heavy (non-hydrogen) atoms. The van der Waals surface area contributed by atoms with E-state index in [-0.39, 0.29) is 5.56 Å². The third-order valence-corrected chi connectivity index (χ3v) is 2.43. The van der Waals surface area contributed by atoms with E-state index in [2.05, 4.69) is 0 Å². The molecule has 87 valence electrons. The van der Waals surface area contributed by atoms with Crippen LogP contribution in [0.15, 0.2) is 48.5 Å². The van der Waals surface area contributed by atoms with E-state index >= 15 is 0 Å². The highest BCUT2D eigenvalue weighted by Crippen LogP contribution is 2.18. The largest absolute Gasteiger partial charge is 0.489 e. The van der Waals surface area contributed by atoms with E-state index in [9.17, 15) is 9.50 Å². The van der Waals surface area contributed by atoms with Crippen LogP contribution in [0.1, 0.15) is 11.1 Å². The molecule has 0 bridgehead atoms. The molecule has 0 saturated heterocycles. The fourth-order valence-electron chi connectivity index (χ4n) is 1.48. The summed E-state index contributed by atoms with van der Waals surface area (Å²) in [5, 5.41) is 10.6. The van der Waals surface area contributed by atoms with E-state index in [1.54, 1.807) is 6.07 Å². The van der Waals surface area contributed by atoms with Crippen LogP contribution in [0, 0.1) is 5.82 Å². The van der Waals surface area contributed by atoms with Crippen LogP contribution < -0.4 is 4.74 Å². The second-order valence-corrected chi connectivity index (χ2v) is 3.67. The van der Waals surface area contributed by atoms with Crippen molar-refractivity contribution in [2.24, 2.45) is 0 Å². The van der Waals surface area contributed by atoms with Crippen LogP contribution in [0.2, 0.25) is 0 Å². The number of hydrogen-bond acceptors (Lipinski definition) is 1. The molecular formula is C14H12FO2. The van der Waals surface area contributed by atoms with E-state index in [1.807, 2.05) is 30.3 Å². The van der Waals surface area contributed by atoms with Crippen LogP contribution >= 0.6 is 0 Å². The highest BCUT2D eigenvalue weighted by Gasteiger charge is 2.03. The standard InChI is InChI=1S/C14H12FO2/c15-14-8-13(7-6-12(14)9-16)17-10-11-4-2-1-3-5-11/h1-8H,9-10H2. The maximum Gasteiger partial charge on any atom is 0.132 e. The highest BCUT2D eigenvalue weighted by molar-refractivity contribution is 5.29. The average Bonchev–Trinajstić information content (AvgIpc) is 2.38. The van der Waals surface area contributed by atoms with Gasteiger partial charge < -0.3 is 4.74 Å². The van der Waals surface area contributed by atoms with Crippen molar-refractivity contribution in [3.8, 4) is 5.75 Å². The maximum atomic E-state index is 13.3. The SMILES string of the molecule is [O]Cc1ccc(OCc2ccccc2)cc1F. The summed E-state index contributed by atoms with van der Waals surface area (Å²) in [6, 6.07) is 13.9. The molecule has 0 aromatic heterocycles. The van der Waals surface area contributed by atoms with Gasteiger partial charge in [-0.05, 0) is 17.7 Å². The first-order valence-corrected chi connectivity index (χ1v) is 5.33. The molecule has 0 spiro atoms. The zero-order valence-electron chi connectivity index (χ0n) is 9.23. The third-order valence-electron chi connectivity index (χ3n) is 2.43. The fourth-order valence-corrected chi connectivity index (χ4v) is 1.48. The van der Waals surface area contributed by atoms with Gasteiger partial charge in [0.1, 0.15) is 24.8 Å². The van der Waals surface area contributed by atoms with Gasteiger partial charge in [0.05, 0.1) is 0 Å². The molecule has 0 saturated carbocycles. The molecule has 0 unspecified atom stereocenters. The van der Waals surface area contributed by atoms with Crippen LogP contribution in [0.3, 0.4) is 0 Å². The molecule has 0 aliphatic heterocycles. The van der Waals surface area contributed by atoms with Gasteiger partial charge in [-0.15, -0.1) is 0 Å². The Hall–Kier alpha value is -1.87. The molecule has 2 rings (SSSR count). The second-order valence-electron chi connectivity index (χ2n) is 3.67. The van der Waals surface area contributed by atoms with Gasteiger partial charge in [-0.1, -0.05) is 30.3 Å². The zero-order valence-corrected chi connectivity index (χ0v) is 9.23. The summed E-state index contributed by atoms with van der Waals surface area (Å²) in [4.78, 5) is 0. The normalized spacial score (nSPS) is 10.2. The van der Waals surface area contributed by atoms with Gasteiger partial charge in [0.15, 0.2) is 0 Å². The lowest BCUT2D eigenvalue weighted by molar-refractivity contribution is 0.173. The summed E-state index contributed by atoms with van der Waals surface area (Å²) >= 11 is 0. The summed E-state index contributed by atoms with van der Waals surface area (Å²) < 4.78 is 18.7. The lowest BCUT2D eigenvalue weighted by atomic mass is 10.2. The lowest BCUT2D eigenvalue weighted by Gasteiger charge is -2.07. The minimum Gasteiger partial charge on any atom is -0.489 e. The third kappa shape index (κ3) is 3.04. The van der Waals surface area contributed by atoms with E-state index in [0.29, 0.717) is 12.4 Å². The number of halogens is 1. The van der Waals surface area contributed by atoms with E-state index in [1.165, 1.54) is 12.1 Å². The minimum absolute atomic E-state index is 0.164. The van der Waals surface area contributed by atoms with Gasteiger partial charge in [-0.25, -0.2) is 9.50 Å². The molecule has 3 heteroatoms. The Morgan fingerprint density at radius 2 is 1.82 bits per heavy atom. The Labute approximate surface area is 99.3 Å². The van der Waals surface area contributed by atoms with Gasteiger partial charge in [0.25, 0.3) is 0 Å². The molecule has 0 aliphatic carbocycles. The molecule has 0 heterocycles. The molecule has 0 amide bonds. The number of ether oxygens (including phenoxy) is 1. The van der Waals surface area contributed by atoms with E-state index in [4.69, 9.17) is 4.74 Å². The van der Waals surface area contributed by atoms with Gasteiger partial charge in [-0.2, -0.15) is 0 Å². The van der Waals surface area contributed by atoms with E-state index < -0.39 is 12.4 Å². The lowest BCUT2D eigenvalue weighted by Crippen LogP contribution is -1.96. The molecule has 2 aromatic rings. The summed E-state index contributed by atoms with van der Waals surface area (Å²) in [5.41, 5.74) is 1.18. The molecule has 1 radical (unpaired) electrons. The van der Waals surface area contributed by atoms with Crippen LogP contribution in [-0.2, 0) is 18.3 Å². The molecular weight excluding hydrogens is 219 g/mol. The van der Waals surface area contributed by atoms with Crippen LogP contribution in [0.5, 0.6) is 5.75 Å². The summed E-state index contributed by atoms with van der Waals surface area (Å²) in [5.74, 6) is -0.0749. The van der Waals surface area contributed by atoms with Gasteiger partial charge in [0.2, 0.25) is 0 Å². The first-order valence-electron chi connectivity index (χ1n) is 5.33. The first kappa shape index (κ1) is 11.6. The smallest absolute Gasteiger partial charge is 0.132 e. The molecule has 0 N–H and O–H groups in total. The minimum atomic E-state index is -0.551. The van der Waals surface area contributed by atoms with Crippen molar-refractivity contribution in [3.05, 3.63) is 65.5 Å². The molecule has 0 atom stereocenters. The van der Waals surface area contributed by atoms with Crippen LogP contribution in [0.25, 0.3) is 0 Å². The van der Waals surface area contributed by atoms with Gasteiger partial charge in [-0.3, -0.25) is 0 Å². The van der Waals surface area contributed by atoms with Crippen molar-refractivity contribution in [1.29, 1.82) is 0 Å². The van der Waals surface area contributed by atoms with Crippen molar-refractivity contribution in [2.75, 3.05) is 0 Å². The van der Waals surface area contributed by atoms with E-state index in [0.717, 1.165) is 5.56 Å². The summed E-state index contributed by atoms with van der Waals surface area (Å²) in [7, 11) is 0. The monoisotopic (exact) mass is 231 g/mol. The number of rotatable bonds is 4. The Bertz CT molecular complexity index is 483. The van der Waals surface area contributed by atoms with Crippen molar-refractivity contribution < 1.29 is 14.2 Å². The zero-order chi connectivity index (χ0) is 12.1.